The second-order valence-corrected chi connectivity index (χ2v) is 18.2. The van der Waals surface area contributed by atoms with Gasteiger partial charge in [-0.2, -0.15) is 0 Å². The molecule has 57 heavy (non-hydrogen) atoms. The summed E-state index contributed by atoms with van der Waals surface area (Å²) in [4.78, 5) is 0. The summed E-state index contributed by atoms with van der Waals surface area (Å²) in [6.07, 6.45) is 0. The highest BCUT2D eigenvalue weighted by atomic mass is 14.4. The van der Waals surface area contributed by atoms with Crippen LogP contribution in [-0.2, 0) is 16.2 Å². The van der Waals surface area contributed by atoms with Crippen LogP contribution in [0, 0.1) is 0 Å². The Labute approximate surface area is 337 Å². The Morgan fingerprint density at radius 2 is 0.491 bits per heavy atom. The van der Waals surface area contributed by atoms with Crippen molar-refractivity contribution in [3.05, 3.63) is 203 Å². The first-order valence-corrected chi connectivity index (χ1v) is 20.5. The minimum Gasteiger partial charge on any atom is -0.0622 e. The van der Waals surface area contributed by atoms with Gasteiger partial charge in [-0.15, -0.1) is 0 Å². The molecule has 0 heteroatoms. The monoisotopic (exact) mass is 730 g/mol. The maximum Gasteiger partial charge on any atom is 0.0159 e. The third-order valence-electron chi connectivity index (χ3n) is 13.9. The van der Waals surface area contributed by atoms with Gasteiger partial charge in [0.15, 0.2) is 0 Å². The van der Waals surface area contributed by atoms with Crippen molar-refractivity contribution in [3.63, 3.8) is 0 Å². The fourth-order valence-electron chi connectivity index (χ4n) is 10.6. The molecule has 0 aliphatic heterocycles. The second kappa shape index (κ2) is 11.9. The lowest BCUT2D eigenvalue weighted by atomic mass is 9.79. The highest BCUT2D eigenvalue weighted by Gasteiger charge is 2.38. The molecule has 274 valence electrons. The van der Waals surface area contributed by atoms with E-state index >= 15 is 0 Å². The molecular formula is C57H46. The smallest absolute Gasteiger partial charge is 0.0159 e. The number of rotatable bonds is 4. The van der Waals surface area contributed by atoms with Gasteiger partial charge in [0.2, 0.25) is 0 Å². The van der Waals surface area contributed by atoms with Gasteiger partial charge in [-0.05, 0) is 154 Å². The van der Waals surface area contributed by atoms with E-state index in [-0.39, 0.29) is 16.2 Å². The zero-order valence-electron chi connectivity index (χ0n) is 33.7. The van der Waals surface area contributed by atoms with E-state index in [4.69, 9.17) is 0 Å². The van der Waals surface area contributed by atoms with E-state index in [1.807, 2.05) is 0 Å². The minimum absolute atomic E-state index is 0.0226. The molecule has 8 aromatic rings. The number of benzene rings is 8. The molecule has 0 unspecified atom stereocenters. The van der Waals surface area contributed by atoms with Crippen molar-refractivity contribution >= 4 is 0 Å². The zero-order chi connectivity index (χ0) is 38.8. The third-order valence-corrected chi connectivity index (χ3v) is 13.9. The lowest BCUT2D eigenvalue weighted by molar-refractivity contribution is 0.659. The number of fused-ring (bicyclic) bond motifs is 9. The summed E-state index contributed by atoms with van der Waals surface area (Å²) < 4.78 is 0. The topological polar surface area (TPSA) is 0 Å². The van der Waals surface area contributed by atoms with Crippen molar-refractivity contribution < 1.29 is 0 Å². The van der Waals surface area contributed by atoms with Gasteiger partial charge < -0.3 is 0 Å². The predicted molar refractivity (Wildman–Crippen MR) is 241 cm³/mol. The maximum atomic E-state index is 2.47. The number of hydrogen-bond donors (Lipinski definition) is 0. The van der Waals surface area contributed by atoms with E-state index < -0.39 is 0 Å². The van der Waals surface area contributed by atoms with Gasteiger partial charge in [-0.1, -0.05) is 169 Å². The molecule has 0 amide bonds. The predicted octanol–water partition coefficient (Wildman–Crippen LogP) is 15.3. The highest BCUT2D eigenvalue weighted by Crippen LogP contribution is 2.54. The van der Waals surface area contributed by atoms with Crippen LogP contribution in [-0.4, -0.2) is 0 Å². The van der Waals surface area contributed by atoms with Gasteiger partial charge in [0, 0.05) is 16.2 Å². The van der Waals surface area contributed by atoms with Gasteiger partial charge >= 0.3 is 0 Å². The van der Waals surface area contributed by atoms with Crippen LogP contribution in [0.25, 0.3) is 77.9 Å². The van der Waals surface area contributed by atoms with Crippen molar-refractivity contribution in [1.29, 1.82) is 0 Å². The molecule has 0 saturated carbocycles. The van der Waals surface area contributed by atoms with Crippen molar-refractivity contribution in [2.75, 3.05) is 0 Å². The van der Waals surface area contributed by atoms with E-state index in [1.165, 1.54) is 111 Å². The quantitative estimate of drug-likeness (QED) is 0.169. The summed E-state index contributed by atoms with van der Waals surface area (Å²) in [5, 5.41) is 0. The Morgan fingerprint density at radius 1 is 0.211 bits per heavy atom. The first-order valence-electron chi connectivity index (χ1n) is 20.5. The van der Waals surface area contributed by atoms with E-state index in [9.17, 15) is 0 Å². The van der Waals surface area contributed by atoms with Gasteiger partial charge in [0.25, 0.3) is 0 Å². The molecule has 0 saturated heterocycles. The largest absolute Gasteiger partial charge is 0.0622 e. The molecule has 3 aliphatic carbocycles. The third kappa shape index (κ3) is 4.93. The van der Waals surface area contributed by atoms with E-state index in [0.717, 1.165) is 0 Å². The summed E-state index contributed by atoms with van der Waals surface area (Å²) >= 11 is 0. The minimum atomic E-state index is -0.149. The Hall–Kier alpha value is -6.24. The summed E-state index contributed by atoms with van der Waals surface area (Å²) in [6.45, 7) is 14.3. The molecule has 11 rings (SSSR count). The first-order chi connectivity index (χ1) is 27.5. The first kappa shape index (κ1) is 34.0. The molecule has 0 nitrogen and oxygen atoms in total. The fraction of sp³-hybridized carbons (Fsp3) is 0.158. The normalized spacial score (nSPS) is 15.6. The molecule has 0 atom stereocenters. The van der Waals surface area contributed by atoms with Crippen molar-refractivity contribution in [1.82, 2.24) is 0 Å². The van der Waals surface area contributed by atoms with Gasteiger partial charge in [-0.25, -0.2) is 0 Å². The lowest BCUT2D eigenvalue weighted by Crippen LogP contribution is -2.15. The van der Waals surface area contributed by atoms with Crippen molar-refractivity contribution in [3.8, 4) is 77.9 Å². The van der Waals surface area contributed by atoms with Gasteiger partial charge in [0.05, 0.1) is 0 Å². The Balaban J connectivity index is 0.990. The van der Waals surface area contributed by atoms with Gasteiger partial charge in [-0.3, -0.25) is 0 Å². The van der Waals surface area contributed by atoms with Crippen LogP contribution in [0.5, 0.6) is 0 Å². The Morgan fingerprint density at radius 3 is 0.877 bits per heavy atom. The molecule has 8 aromatic carbocycles. The molecule has 0 bridgehead atoms. The molecule has 0 heterocycles. The Bertz CT molecular complexity index is 2970. The van der Waals surface area contributed by atoms with Crippen LogP contribution >= 0.6 is 0 Å². The summed E-state index contributed by atoms with van der Waals surface area (Å²) in [6, 6.07) is 64.4. The standard InChI is InChI=1S/C57H46/c1-55(2)49-18-12-10-16-43(49)45-24-20-36(31-51(45)55)37-21-25-47-48-27-23-39(34-54(48)57(5,6)53(47)32-37)42-29-40(35-14-8-7-9-15-35)28-41(30-42)38-22-26-46-44-17-11-13-19-50(44)56(3,4)52(46)33-38/h7-34H,1-6H3. The second-order valence-electron chi connectivity index (χ2n) is 18.2. The van der Waals surface area contributed by atoms with Crippen molar-refractivity contribution in [2.45, 2.75) is 57.8 Å². The van der Waals surface area contributed by atoms with Crippen LogP contribution in [0.3, 0.4) is 0 Å². The molecule has 3 aliphatic rings. The van der Waals surface area contributed by atoms with Crippen LogP contribution in [0.4, 0.5) is 0 Å². The lowest BCUT2D eigenvalue weighted by Gasteiger charge is -2.24. The SMILES string of the molecule is CC1(C)c2ccccc2-c2ccc(-c3cc(-c4ccccc4)cc(-c4ccc5c(c4)C(C)(C)c4cc(-c6ccc7c(c6)C(C)(C)c6ccccc6-7)ccc4-5)c3)cc21. The molecule has 0 radical (unpaired) electrons. The molecule has 0 N–H and O–H groups in total. The van der Waals surface area contributed by atoms with E-state index in [2.05, 4.69) is 211 Å². The van der Waals surface area contributed by atoms with Crippen LogP contribution in [0.1, 0.15) is 74.9 Å². The fourth-order valence-corrected chi connectivity index (χ4v) is 10.6. The zero-order valence-corrected chi connectivity index (χ0v) is 33.7. The van der Waals surface area contributed by atoms with Crippen LogP contribution in [0.15, 0.2) is 170 Å². The maximum absolute atomic E-state index is 2.47. The molecule has 0 spiro atoms. The molecular weight excluding hydrogens is 685 g/mol. The summed E-state index contributed by atoms with van der Waals surface area (Å²) in [5.41, 5.74) is 26.4. The van der Waals surface area contributed by atoms with Crippen molar-refractivity contribution in [2.24, 2.45) is 0 Å². The van der Waals surface area contributed by atoms with Crippen LogP contribution < -0.4 is 0 Å². The summed E-state index contributed by atoms with van der Waals surface area (Å²) in [5.74, 6) is 0. The average Bonchev–Trinajstić information content (AvgIpc) is 3.72. The highest BCUT2D eigenvalue weighted by molar-refractivity contribution is 5.90. The Kier molecular flexibility index (Phi) is 7.10. The average molecular weight is 731 g/mol. The molecule has 0 fully saturated rings. The molecule has 0 aromatic heterocycles. The van der Waals surface area contributed by atoms with E-state index in [1.54, 1.807) is 0 Å². The van der Waals surface area contributed by atoms with Gasteiger partial charge in [0.1, 0.15) is 0 Å². The summed E-state index contributed by atoms with van der Waals surface area (Å²) in [7, 11) is 0. The van der Waals surface area contributed by atoms with E-state index in [0.29, 0.717) is 0 Å². The number of hydrogen-bond acceptors (Lipinski definition) is 0. The van der Waals surface area contributed by atoms with Crippen LogP contribution in [0.2, 0.25) is 0 Å².